The van der Waals surface area contributed by atoms with Crippen LogP contribution in [0.2, 0.25) is 0 Å². The number of nitrogens with zero attached hydrogens (tertiary/aromatic N) is 4. The lowest BCUT2D eigenvalue weighted by Gasteiger charge is -2.33. The van der Waals surface area contributed by atoms with E-state index < -0.39 is 0 Å². The van der Waals surface area contributed by atoms with E-state index in [9.17, 15) is 0 Å². The molecular weight excluding hydrogens is 262 g/mol. The molecule has 0 aliphatic carbocycles. The minimum absolute atomic E-state index is 0.822. The number of para-hydroxylation sites is 1. The van der Waals surface area contributed by atoms with Crippen molar-refractivity contribution in [2.24, 2.45) is 0 Å². The van der Waals surface area contributed by atoms with Crippen molar-refractivity contribution >= 4 is 27.8 Å². The molecule has 0 spiro atoms. The van der Waals surface area contributed by atoms with Gasteiger partial charge in [0.1, 0.15) is 17.3 Å². The summed E-state index contributed by atoms with van der Waals surface area (Å²) < 4.78 is 0. The molecule has 108 valence electrons. The summed E-state index contributed by atoms with van der Waals surface area (Å²) in [6.45, 7) is 6.15. The Kier molecular flexibility index (Phi) is 2.82. The van der Waals surface area contributed by atoms with E-state index in [0.29, 0.717) is 0 Å². The van der Waals surface area contributed by atoms with Gasteiger partial charge in [-0.2, -0.15) is 0 Å². The number of fused-ring (bicyclic) bond motifs is 3. The molecule has 3 heterocycles. The number of hydrogen-bond donors (Lipinski definition) is 1. The average molecular weight is 281 g/mol. The molecule has 1 aliphatic heterocycles. The Hall–Kier alpha value is -2.14. The van der Waals surface area contributed by atoms with Gasteiger partial charge in [-0.1, -0.05) is 18.2 Å². The molecule has 5 heteroatoms. The zero-order valence-electron chi connectivity index (χ0n) is 12.4. The molecule has 2 aromatic heterocycles. The smallest absolute Gasteiger partial charge is 0.144 e. The number of H-pyrrole nitrogens is 1. The van der Waals surface area contributed by atoms with Crippen LogP contribution in [-0.4, -0.2) is 53.1 Å². The van der Waals surface area contributed by atoms with Gasteiger partial charge in [0.2, 0.25) is 0 Å². The zero-order valence-corrected chi connectivity index (χ0v) is 12.4. The van der Waals surface area contributed by atoms with Crippen LogP contribution >= 0.6 is 0 Å². The second-order valence-corrected chi connectivity index (χ2v) is 5.78. The number of benzene rings is 1. The van der Waals surface area contributed by atoms with Gasteiger partial charge in [-0.3, -0.25) is 0 Å². The highest BCUT2D eigenvalue weighted by atomic mass is 15.3. The monoisotopic (exact) mass is 281 g/mol. The molecular formula is C16H19N5. The fraction of sp³-hybridized carbons (Fsp3) is 0.375. The Morgan fingerprint density at radius 3 is 2.62 bits per heavy atom. The molecule has 0 unspecified atom stereocenters. The third kappa shape index (κ3) is 2.05. The molecule has 1 fully saturated rings. The van der Waals surface area contributed by atoms with Gasteiger partial charge in [0.15, 0.2) is 0 Å². The normalized spacial score (nSPS) is 17.0. The van der Waals surface area contributed by atoms with E-state index in [1.54, 1.807) is 0 Å². The lowest BCUT2D eigenvalue weighted by Crippen LogP contribution is -2.45. The Labute approximate surface area is 123 Å². The van der Waals surface area contributed by atoms with Crippen LogP contribution in [0.4, 0.5) is 5.82 Å². The van der Waals surface area contributed by atoms with Gasteiger partial charge in [0, 0.05) is 37.1 Å². The van der Waals surface area contributed by atoms with Crippen LogP contribution in [0.15, 0.2) is 24.3 Å². The molecule has 1 aromatic carbocycles. The molecule has 0 saturated carbocycles. The number of aromatic amines is 1. The van der Waals surface area contributed by atoms with Crippen molar-refractivity contribution in [1.29, 1.82) is 0 Å². The van der Waals surface area contributed by atoms with E-state index in [4.69, 9.17) is 4.98 Å². The van der Waals surface area contributed by atoms with Gasteiger partial charge in [-0.25, -0.2) is 9.97 Å². The van der Waals surface area contributed by atoms with E-state index >= 15 is 0 Å². The summed E-state index contributed by atoms with van der Waals surface area (Å²) in [6, 6.07) is 8.36. The highest BCUT2D eigenvalue weighted by molar-refractivity contribution is 6.11. The number of anilines is 1. The third-order valence-electron chi connectivity index (χ3n) is 4.25. The predicted molar refractivity (Wildman–Crippen MR) is 85.8 cm³/mol. The number of aryl methyl sites for hydroxylation is 1. The van der Waals surface area contributed by atoms with Gasteiger partial charge in [-0.05, 0) is 20.0 Å². The minimum Gasteiger partial charge on any atom is -0.353 e. The predicted octanol–water partition coefficient (Wildman–Crippen LogP) is 2.17. The fourth-order valence-electron chi connectivity index (χ4n) is 3.08. The maximum Gasteiger partial charge on any atom is 0.144 e. The molecule has 0 bridgehead atoms. The molecule has 21 heavy (non-hydrogen) atoms. The number of rotatable bonds is 1. The third-order valence-corrected chi connectivity index (χ3v) is 4.25. The second-order valence-electron chi connectivity index (χ2n) is 5.78. The van der Waals surface area contributed by atoms with Crippen molar-refractivity contribution in [3.63, 3.8) is 0 Å². The number of likely N-dealkylation sites (N-methyl/N-ethyl adjacent to an activating group) is 1. The summed E-state index contributed by atoms with van der Waals surface area (Å²) in [6.07, 6.45) is 0. The van der Waals surface area contributed by atoms with Crippen LogP contribution in [-0.2, 0) is 0 Å². The van der Waals surface area contributed by atoms with Gasteiger partial charge in [0.25, 0.3) is 0 Å². The average Bonchev–Trinajstić information content (AvgIpc) is 2.85. The van der Waals surface area contributed by atoms with E-state index in [1.807, 2.05) is 13.0 Å². The van der Waals surface area contributed by atoms with Gasteiger partial charge in [0.05, 0.1) is 5.39 Å². The first-order chi connectivity index (χ1) is 10.2. The molecule has 0 amide bonds. The van der Waals surface area contributed by atoms with Gasteiger partial charge >= 0.3 is 0 Å². The highest BCUT2D eigenvalue weighted by Crippen LogP contribution is 2.31. The van der Waals surface area contributed by atoms with Crippen molar-refractivity contribution in [2.45, 2.75) is 6.92 Å². The number of nitrogens with one attached hydrogen (secondary N) is 1. The van der Waals surface area contributed by atoms with Crippen molar-refractivity contribution in [1.82, 2.24) is 19.9 Å². The lowest BCUT2D eigenvalue weighted by molar-refractivity contribution is 0.312. The Bertz CT molecular complexity index is 799. The Morgan fingerprint density at radius 1 is 1.05 bits per heavy atom. The first-order valence-corrected chi connectivity index (χ1v) is 7.41. The summed E-state index contributed by atoms with van der Waals surface area (Å²) in [5, 5.41) is 2.36. The van der Waals surface area contributed by atoms with Gasteiger partial charge < -0.3 is 14.8 Å². The fourth-order valence-corrected chi connectivity index (χ4v) is 3.08. The Balaban J connectivity index is 1.94. The molecule has 3 aromatic rings. The molecule has 0 atom stereocenters. The first kappa shape index (κ1) is 12.6. The van der Waals surface area contributed by atoms with Crippen molar-refractivity contribution in [3.05, 3.63) is 30.1 Å². The molecule has 5 nitrogen and oxygen atoms in total. The SMILES string of the molecule is Cc1nc(N2CCN(C)CC2)c2c(n1)[nH]c1ccccc12. The van der Waals surface area contributed by atoms with Crippen LogP contribution in [0.25, 0.3) is 21.9 Å². The maximum absolute atomic E-state index is 4.75. The quantitative estimate of drug-likeness (QED) is 0.742. The van der Waals surface area contributed by atoms with E-state index in [1.165, 1.54) is 5.39 Å². The van der Waals surface area contributed by atoms with Gasteiger partial charge in [-0.15, -0.1) is 0 Å². The Morgan fingerprint density at radius 2 is 1.81 bits per heavy atom. The molecule has 4 rings (SSSR count). The standard InChI is InChI=1S/C16H19N5/c1-11-17-15-14(12-5-3-4-6-13(12)19-15)16(18-11)21-9-7-20(2)8-10-21/h3-6H,7-10H2,1-2H3,(H,17,18,19). The number of piperazine rings is 1. The maximum atomic E-state index is 4.75. The largest absolute Gasteiger partial charge is 0.353 e. The van der Waals surface area contributed by atoms with Crippen LogP contribution in [0.3, 0.4) is 0 Å². The zero-order chi connectivity index (χ0) is 14.4. The van der Waals surface area contributed by atoms with Crippen LogP contribution < -0.4 is 4.90 Å². The van der Waals surface area contributed by atoms with Crippen LogP contribution in [0.5, 0.6) is 0 Å². The number of hydrogen-bond acceptors (Lipinski definition) is 4. The van der Waals surface area contributed by atoms with Crippen LogP contribution in [0.1, 0.15) is 5.82 Å². The van der Waals surface area contributed by atoms with E-state index in [2.05, 4.69) is 45.0 Å². The highest BCUT2D eigenvalue weighted by Gasteiger charge is 2.20. The first-order valence-electron chi connectivity index (χ1n) is 7.41. The summed E-state index contributed by atoms with van der Waals surface area (Å²) in [7, 11) is 2.17. The number of aromatic nitrogens is 3. The minimum atomic E-state index is 0.822. The molecule has 1 saturated heterocycles. The second kappa shape index (κ2) is 4.70. The summed E-state index contributed by atoms with van der Waals surface area (Å²) in [4.78, 5) is 17.5. The van der Waals surface area contributed by atoms with Crippen LogP contribution in [0, 0.1) is 6.92 Å². The van der Waals surface area contributed by atoms with Crippen molar-refractivity contribution in [2.75, 3.05) is 38.1 Å². The molecule has 1 aliphatic rings. The molecule has 1 N–H and O–H groups in total. The van der Waals surface area contributed by atoms with E-state index in [0.717, 1.165) is 54.4 Å². The van der Waals surface area contributed by atoms with E-state index in [-0.39, 0.29) is 0 Å². The topological polar surface area (TPSA) is 48.1 Å². The summed E-state index contributed by atoms with van der Waals surface area (Å²) in [5.74, 6) is 1.89. The lowest BCUT2D eigenvalue weighted by atomic mass is 10.2. The molecule has 0 radical (unpaired) electrons. The van der Waals surface area contributed by atoms with Crippen molar-refractivity contribution in [3.8, 4) is 0 Å². The van der Waals surface area contributed by atoms with Crippen molar-refractivity contribution < 1.29 is 0 Å². The summed E-state index contributed by atoms with van der Waals surface area (Å²) in [5.41, 5.74) is 2.07. The summed E-state index contributed by atoms with van der Waals surface area (Å²) >= 11 is 0.